The van der Waals surface area contributed by atoms with Gasteiger partial charge in [-0.1, -0.05) is 12.1 Å². The topological polar surface area (TPSA) is 29.1 Å². The third-order valence-corrected chi connectivity index (χ3v) is 1.71. The van der Waals surface area contributed by atoms with Crippen LogP contribution in [-0.4, -0.2) is 7.11 Å². The minimum absolute atomic E-state index is 0.00866. The van der Waals surface area contributed by atoms with Crippen molar-refractivity contribution in [2.24, 2.45) is 0 Å². The summed E-state index contributed by atoms with van der Waals surface area (Å²) in [7, 11) is 1.54. The average Bonchev–Trinajstić information content (AvgIpc) is 1.94. The van der Waals surface area contributed by atoms with E-state index in [9.17, 15) is 5.11 Å². The molecule has 0 aliphatic heterocycles. The first kappa shape index (κ1) is 7.44. The molecule has 0 aliphatic carbocycles. The fourth-order valence-electron chi connectivity index (χ4n) is 0.609. The summed E-state index contributed by atoms with van der Waals surface area (Å²) < 4.78 is 4.73. The molecular weight excluding hydrogens is 148 g/mol. The van der Waals surface area contributed by atoms with Crippen LogP contribution in [0.4, 0.5) is 0 Å². The third kappa shape index (κ3) is 1.65. The molecule has 1 radical (unpaired) electrons. The third-order valence-electron chi connectivity index (χ3n) is 1.02. The van der Waals surface area contributed by atoms with Gasteiger partial charge in [0.2, 0.25) is 0 Å². The highest BCUT2D eigenvalue weighted by Gasteiger charge is 1.99. The van der Waals surface area contributed by atoms with E-state index in [-0.39, 0.29) is 5.75 Å². The summed E-state index contributed by atoms with van der Waals surface area (Å²) in [6.45, 7) is 0. The fraction of sp³-hybridized carbons (Fsp3) is 0.143. The van der Waals surface area contributed by atoms with Crippen molar-refractivity contribution in [1.29, 1.82) is 0 Å². The van der Waals surface area contributed by atoms with Crippen molar-refractivity contribution >= 4 is 12.0 Å². The maximum Gasteiger partial charge on any atom is 0.194 e. The Kier molecular flexibility index (Phi) is 2.59. The molecule has 3 heteroatoms. The van der Waals surface area contributed by atoms with Crippen molar-refractivity contribution in [3.8, 4) is 5.75 Å². The van der Waals surface area contributed by atoms with Crippen molar-refractivity contribution in [1.82, 2.24) is 0 Å². The second-order valence-electron chi connectivity index (χ2n) is 1.70. The Balaban J connectivity index is 2.81. The maximum absolute atomic E-state index is 10.9. The highest BCUT2D eigenvalue weighted by atomic mass is 32.2. The van der Waals surface area contributed by atoms with Crippen LogP contribution in [0.5, 0.6) is 5.75 Å². The quantitative estimate of drug-likeness (QED) is 0.614. The van der Waals surface area contributed by atoms with Gasteiger partial charge in [0.25, 0.3) is 0 Å². The lowest BCUT2D eigenvalue weighted by Crippen LogP contribution is -1.71. The van der Waals surface area contributed by atoms with Gasteiger partial charge in [-0.15, -0.1) is 0 Å². The lowest BCUT2D eigenvalue weighted by Gasteiger charge is -1.96. The number of rotatable bonds is 2. The first-order valence-corrected chi connectivity index (χ1v) is 3.55. The van der Waals surface area contributed by atoms with Crippen LogP contribution in [0.1, 0.15) is 0 Å². The molecule has 0 saturated carbocycles. The zero-order chi connectivity index (χ0) is 7.40. The van der Waals surface area contributed by atoms with E-state index in [1.165, 1.54) is 13.2 Å². The Morgan fingerprint density at radius 1 is 1.40 bits per heavy atom. The molecule has 0 saturated heterocycles. The smallest absolute Gasteiger partial charge is 0.194 e. The zero-order valence-corrected chi connectivity index (χ0v) is 6.35. The van der Waals surface area contributed by atoms with Crippen molar-refractivity contribution in [3.05, 3.63) is 24.3 Å². The van der Waals surface area contributed by atoms with Gasteiger partial charge in [-0.2, -0.15) is 0 Å². The molecule has 53 valence electrons. The van der Waals surface area contributed by atoms with Crippen molar-refractivity contribution in [2.45, 2.75) is 4.90 Å². The Morgan fingerprint density at radius 2 is 2.10 bits per heavy atom. The Labute approximate surface area is 64.0 Å². The summed E-state index contributed by atoms with van der Waals surface area (Å²) >= 11 is 1.09. The van der Waals surface area contributed by atoms with Gasteiger partial charge < -0.3 is 4.18 Å². The van der Waals surface area contributed by atoms with Gasteiger partial charge in [-0.3, -0.25) is 5.11 Å². The number of para-hydroxylation sites is 1. The predicted molar refractivity (Wildman–Crippen MR) is 39.4 cm³/mol. The second kappa shape index (κ2) is 3.49. The molecule has 1 aromatic carbocycles. The molecule has 1 rings (SSSR count). The average molecular weight is 155 g/mol. The lowest BCUT2D eigenvalue weighted by molar-refractivity contribution is 0.343. The van der Waals surface area contributed by atoms with Crippen LogP contribution in [0.15, 0.2) is 29.2 Å². The van der Waals surface area contributed by atoms with E-state index in [0.29, 0.717) is 4.90 Å². The lowest BCUT2D eigenvalue weighted by atomic mass is 10.3. The monoisotopic (exact) mass is 155 g/mol. The first-order valence-electron chi connectivity index (χ1n) is 2.81. The minimum atomic E-state index is 0.00866. The van der Waals surface area contributed by atoms with Gasteiger partial charge >= 0.3 is 0 Å². The summed E-state index contributed by atoms with van der Waals surface area (Å²) in [6, 6.07) is 6.77. The molecule has 0 heterocycles. The van der Waals surface area contributed by atoms with Crippen molar-refractivity contribution < 1.29 is 9.29 Å². The van der Waals surface area contributed by atoms with E-state index < -0.39 is 0 Å². The van der Waals surface area contributed by atoms with Gasteiger partial charge in [0.05, 0.1) is 12.0 Å². The van der Waals surface area contributed by atoms with Gasteiger partial charge in [0.15, 0.2) is 5.75 Å². The van der Waals surface area contributed by atoms with E-state index in [4.69, 9.17) is 4.18 Å². The molecule has 10 heavy (non-hydrogen) atoms. The van der Waals surface area contributed by atoms with Crippen LogP contribution in [0, 0.1) is 0 Å². The second-order valence-corrected chi connectivity index (χ2v) is 2.64. The molecule has 2 nitrogen and oxygen atoms in total. The maximum atomic E-state index is 10.9. The van der Waals surface area contributed by atoms with Gasteiger partial charge in [-0.25, -0.2) is 0 Å². The zero-order valence-electron chi connectivity index (χ0n) is 5.53. The normalized spacial score (nSPS) is 9.70. The highest BCUT2D eigenvalue weighted by molar-refractivity contribution is 7.94. The molecule has 0 amide bonds. The summed E-state index contributed by atoms with van der Waals surface area (Å²) in [5, 5.41) is 10.9. The molecule has 0 atom stereocenters. The van der Waals surface area contributed by atoms with E-state index in [1.54, 1.807) is 12.1 Å². The summed E-state index contributed by atoms with van der Waals surface area (Å²) in [6.07, 6.45) is 0. The largest absolute Gasteiger partial charge is 0.313 e. The Bertz CT molecular complexity index is 213. The standard InChI is InChI=1S/C7H7O2S/c1-9-10-7-5-3-2-4-6(7)8/h2-5H,1H3. The molecule has 0 N–H and O–H groups in total. The predicted octanol–water partition coefficient (Wildman–Crippen LogP) is 2.48. The van der Waals surface area contributed by atoms with E-state index in [1.807, 2.05) is 6.07 Å². The highest BCUT2D eigenvalue weighted by Crippen LogP contribution is 2.27. The molecule has 0 fully saturated rings. The Morgan fingerprint density at radius 3 is 2.70 bits per heavy atom. The molecule has 0 aliphatic rings. The van der Waals surface area contributed by atoms with Gasteiger partial charge in [0.1, 0.15) is 0 Å². The van der Waals surface area contributed by atoms with E-state index in [2.05, 4.69) is 0 Å². The van der Waals surface area contributed by atoms with Crippen LogP contribution < -0.4 is 0 Å². The van der Waals surface area contributed by atoms with E-state index in [0.717, 1.165) is 12.0 Å². The van der Waals surface area contributed by atoms with Crippen LogP contribution >= 0.6 is 12.0 Å². The fourth-order valence-corrected chi connectivity index (χ4v) is 1.07. The minimum Gasteiger partial charge on any atom is -0.313 e. The number of hydrogen-bond donors (Lipinski definition) is 0. The van der Waals surface area contributed by atoms with Crippen molar-refractivity contribution in [2.75, 3.05) is 7.11 Å². The molecule has 0 unspecified atom stereocenters. The summed E-state index contributed by atoms with van der Waals surface area (Å²) in [5.74, 6) is 0.00866. The molecular formula is C7H7O2S. The molecule has 0 spiro atoms. The van der Waals surface area contributed by atoms with Crippen LogP contribution in [0.3, 0.4) is 0 Å². The van der Waals surface area contributed by atoms with Crippen molar-refractivity contribution in [3.63, 3.8) is 0 Å². The Hall–Kier alpha value is -0.670. The molecule has 0 aromatic heterocycles. The van der Waals surface area contributed by atoms with Gasteiger partial charge in [0, 0.05) is 12.0 Å². The molecule has 1 aromatic rings. The summed E-state index contributed by atoms with van der Waals surface area (Å²) in [4.78, 5) is 0.630. The summed E-state index contributed by atoms with van der Waals surface area (Å²) in [5.41, 5.74) is 0. The molecule has 0 bridgehead atoms. The van der Waals surface area contributed by atoms with Crippen LogP contribution in [-0.2, 0) is 9.29 Å². The number of hydrogen-bond acceptors (Lipinski definition) is 2. The van der Waals surface area contributed by atoms with Crippen LogP contribution in [0.2, 0.25) is 0 Å². The van der Waals surface area contributed by atoms with E-state index >= 15 is 0 Å². The first-order chi connectivity index (χ1) is 4.84. The SMILES string of the molecule is COSc1ccccc1[O]. The van der Waals surface area contributed by atoms with Gasteiger partial charge in [-0.05, 0) is 12.1 Å². The van der Waals surface area contributed by atoms with Crippen LogP contribution in [0.25, 0.3) is 0 Å². The number of benzene rings is 1.